The maximum absolute atomic E-state index is 12.8. The van der Waals surface area contributed by atoms with Crippen LogP contribution in [-0.2, 0) is 11.3 Å². The second-order valence-corrected chi connectivity index (χ2v) is 7.74. The zero-order valence-corrected chi connectivity index (χ0v) is 16.1. The summed E-state index contributed by atoms with van der Waals surface area (Å²) in [7, 11) is 1.44. The van der Waals surface area contributed by atoms with Crippen molar-refractivity contribution < 1.29 is 24.2 Å². The predicted octanol–water partition coefficient (Wildman–Crippen LogP) is 4.46. The number of hydrogen-bond acceptors (Lipinski definition) is 4. The van der Waals surface area contributed by atoms with E-state index in [-0.39, 0.29) is 17.7 Å². The van der Waals surface area contributed by atoms with E-state index in [1.54, 1.807) is 23.1 Å². The molecule has 2 rings (SSSR count). The third-order valence-electron chi connectivity index (χ3n) is 4.49. The average Bonchev–Trinajstić information content (AvgIpc) is 2.58. The van der Waals surface area contributed by atoms with Gasteiger partial charge in [0.2, 0.25) is 0 Å². The topological polar surface area (TPSA) is 76.1 Å². The summed E-state index contributed by atoms with van der Waals surface area (Å²) in [5, 5.41) is 9.38. The summed E-state index contributed by atoms with van der Waals surface area (Å²) in [4.78, 5) is 26.0. The largest absolute Gasteiger partial charge is 0.496 e. The number of carbonyl (C=O) groups is 2. The third kappa shape index (κ3) is 5.38. The van der Waals surface area contributed by atoms with E-state index < -0.39 is 11.6 Å². The first kappa shape index (κ1) is 20.1. The van der Waals surface area contributed by atoms with Gasteiger partial charge in [-0.2, -0.15) is 0 Å². The molecule has 1 aliphatic carbocycles. The molecule has 6 nitrogen and oxygen atoms in total. The molecule has 6 heteroatoms. The maximum Gasteiger partial charge on any atom is 0.410 e. The maximum atomic E-state index is 12.8. The molecule has 0 saturated heterocycles. The van der Waals surface area contributed by atoms with Crippen molar-refractivity contribution in [2.24, 2.45) is 0 Å². The Morgan fingerprint density at radius 3 is 2.38 bits per heavy atom. The molecule has 0 aliphatic heterocycles. The summed E-state index contributed by atoms with van der Waals surface area (Å²) < 4.78 is 10.7. The molecular formula is C20H29NO5. The number of carboxylic acids is 1. The van der Waals surface area contributed by atoms with Crippen LogP contribution in [0, 0.1) is 0 Å². The minimum absolute atomic E-state index is 0.0952. The second kappa shape index (κ2) is 8.43. The summed E-state index contributed by atoms with van der Waals surface area (Å²) in [5.74, 6) is -0.743. The van der Waals surface area contributed by atoms with Crippen molar-refractivity contribution in [2.75, 3.05) is 7.11 Å². The number of aromatic carboxylic acids is 1. The van der Waals surface area contributed by atoms with Crippen molar-refractivity contribution in [3.63, 3.8) is 0 Å². The normalized spacial score (nSPS) is 15.4. The number of amides is 1. The van der Waals surface area contributed by atoms with Gasteiger partial charge in [0.25, 0.3) is 0 Å². The lowest BCUT2D eigenvalue weighted by atomic mass is 9.94. The zero-order chi connectivity index (χ0) is 19.3. The van der Waals surface area contributed by atoms with E-state index in [2.05, 4.69) is 0 Å². The monoisotopic (exact) mass is 363 g/mol. The van der Waals surface area contributed by atoms with E-state index in [0.29, 0.717) is 12.3 Å². The Hall–Kier alpha value is -2.24. The van der Waals surface area contributed by atoms with Gasteiger partial charge in [-0.05, 0) is 51.3 Å². The van der Waals surface area contributed by atoms with E-state index in [0.717, 1.165) is 31.2 Å². The van der Waals surface area contributed by atoms with E-state index in [1.165, 1.54) is 13.5 Å². The lowest BCUT2D eigenvalue weighted by Gasteiger charge is -2.35. The molecule has 144 valence electrons. The number of nitrogens with zero attached hydrogens (tertiary/aromatic N) is 1. The van der Waals surface area contributed by atoms with Crippen LogP contribution >= 0.6 is 0 Å². The minimum atomic E-state index is -1.05. The standard InChI is InChI=1S/C20H29NO5/c1-20(2,3)26-19(24)21(15-8-6-5-7-9-15)13-14-10-11-17(25-4)16(12-14)18(22)23/h10-12,15H,5-9,13H2,1-4H3,(H,22,23). The number of carboxylic acid groups (broad SMARTS) is 1. The molecular weight excluding hydrogens is 334 g/mol. The van der Waals surface area contributed by atoms with Crippen LogP contribution < -0.4 is 4.74 Å². The molecule has 1 aromatic carbocycles. The molecule has 1 aliphatic rings. The molecule has 0 heterocycles. The van der Waals surface area contributed by atoms with Gasteiger partial charge < -0.3 is 19.5 Å². The zero-order valence-electron chi connectivity index (χ0n) is 16.1. The van der Waals surface area contributed by atoms with Gasteiger partial charge in [0.1, 0.15) is 16.9 Å². The van der Waals surface area contributed by atoms with Gasteiger partial charge in [-0.1, -0.05) is 25.3 Å². The van der Waals surface area contributed by atoms with Crippen LogP contribution in [0.3, 0.4) is 0 Å². The Labute approximate surface area is 155 Å². The van der Waals surface area contributed by atoms with Crippen molar-refractivity contribution in [3.05, 3.63) is 29.3 Å². The van der Waals surface area contributed by atoms with Gasteiger partial charge in [-0.15, -0.1) is 0 Å². The Morgan fingerprint density at radius 1 is 1.19 bits per heavy atom. The summed E-state index contributed by atoms with van der Waals surface area (Å²) in [6.45, 7) is 5.86. The highest BCUT2D eigenvalue weighted by Crippen LogP contribution is 2.27. The fourth-order valence-electron chi connectivity index (χ4n) is 3.27. The lowest BCUT2D eigenvalue weighted by molar-refractivity contribution is 0.00988. The second-order valence-electron chi connectivity index (χ2n) is 7.74. The molecule has 26 heavy (non-hydrogen) atoms. The van der Waals surface area contributed by atoms with Gasteiger partial charge in [0, 0.05) is 12.6 Å². The van der Waals surface area contributed by atoms with E-state index in [4.69, 9.17) is 9.47 Å². The Balaban J connectivity index is 2.26. The number of carbonyl (C=O) groups excluding carboxylic acids is 1. The van der Waals surface area contributed by atoms with Crippen LogP contribution in [-0.4, -0.2) is 40.8 Å². The summed E-state index contributed by atoms with van der Waals surface area (Å²) in [5.41, 5.74) is 0.272. The highest BCUT2D eigenvalue weighted by molar-refractivity contribution is 5.91. The third-order valence-corrected chi connectivity index (χ3v) is 4.49. The van der Waals surface area contributed by atoms with Gasteiger partial charge >= 0.3 is 12.1 Å². The molecule has 0 aromatic heterocycles. The van der Waals surface area contributed by atoms with E-state index in [9.17, 15) is 14.7 Å². The summed E-state index contributed by atoms with van der Waals surface area (Å²) in [6, 6.07) is 5.12. The number of hydrogen-bond donors (Lipinski definition) is 1. The van der Waals surface area contributed by atoms with Gasteiger partial charge in [-0.25, -0.2) is 9.59 Å². The summed E-state index contributed by atoms with van der Waals surface area (Å²) >= 11 is 0. The smallest absolute Gasteiger partial charge is 0.410 e. The number of ether oxygens (including phenoxy) is 2. The van der Waals surface area contributed by atoms with Crippen molar-refractivity contribution in [2.45, 2.75) is 71.1 Å². The highest BCUT2D eigenvalue weighted by Gasteiger charge is 2.29. The van der Waals surface area contributed by atoms with E-state index >= 15 is 0 Å². The van der Waals surface area contributed by atoms with E-state index in [1.807, 2.05) is 20.8 Å². The molecule has 1 N–H and O–H groups in total. The Morgan fingerprint density at radius 2 is 1.85 bits per heavy atom. The van der Waals surface area contributed by atoms with Crippen molar-refractivity contribution in [3.8, 4) is 5.75 Å². The molecule has 0 bridgehead atoms. The van der Waals surface area contributed by atoms with Gasteiger partial charge in [0.15, 0.2) is 0 Å². The molecule has 0 spiro atoms. The first-order valence-corrected chi connectivity index (χ1v) is 9.11. The number of methoxy groups -OCH3 is 1. The van der Waals surface area contributed by atoms with Gasteiger partial charge in [-0.3, -0.25) is 0 Å². The van der Waals surface area contributed by atoms with Crippen LogP contribution in [0.25, 0.3) is 0 Å². The number of rotatable bonds is 5. The first-order chi connectivity index (χ1) is 12.2. The Bertz CT molecular complexity index is 644. The molecule has 1 saturated carbocycles. The van der Waals surface area contributed by atoms with Crippen molar-refractivity contribution in [1.29, 1.82) is 0 Å². The van der Waals surface area contributed by atoms with Crippen LogP contribution in [0.2, 0.25) is 0 Å². The summed E-state index contributed by atoms with van der Waals surface area (Å²) in [6.07, 6.45) is 4.91. The Kier molecular flexibility index (Phi) is 6.51. The minimum Gasteiger partial charge on any atom is -0.496 e. The molecule has 0 atom stereocenters. The quantitative estimate of drug-likeness (QED) is 0.835. The fourth-order valence-corrected chi connectivity index (χ4v) is 3.27. The lowest BCUT2D eigenvalue weighted by Crippen LogP contribution is -2.43. The molecule has 0 radical (unpaired) electrons. The molecule has 1 fully saturated rings. The van der Waals surface area contributed by atoms with Crippen LogP contribution in [0.1, 0.15) is 68.8 Å². The van der Waals surface area contributed by atoms with Crippen LogP contribution in [0.15, 0.2) is 18.2 Å². The SMILES string of the molecule is COc1ccc(CN(C(=O)OC(C)(C)C)C2CCCCC2)cc1C(=O)O. The molecule has 1 amide bonds. The van der Waals surface area contributed by atoms with Crippen molar-refractivity contribution in [1.82, 2.24) is 4.90 Å². The molecule has 0 unspecified atom stereocenters. The van der Waals surface area contributed by atoms with Crippen LogP contribution in [0.5, 0.6) is 5.75 Å². The van der Waals surface area contributed by atoms with Crippen LogP contribution in [0.4, 0.5) is 4.79 Å². The average molecular weight is 363 g/mol. The fraction of sp³-hybridized carbons (Fsp3) is 0.600. The van der Waals surface area contributed by atoms with Crippen molar-refractivity contribution >= 4 is 12.1 Å². The first-order valence-electron chi connectivity index (χ1n) is 9.11. The molecule has 1 aromatic rings. The predicted molar refractivity (Wildman–Crippen MR) is 98.6 cm³/mol. The highest BCUT2D eigenvalue weighted by atomic mass is 16.6. The number of benzene rings is 1. The van der Waals surface area contributed by atoms with Gasteiger partial charge in [0.05, 0.1) is 7.11 Å².